The second-order valence-corrected chi connectivity index (χ2v) is 6.15. The molecule has 1 aromatic rings. The van der Waals surface area contributed by atoms with Crippen molar-refractivity contribution in [3.05, 3.63) is 29.8 Å². The second kappa shape index (κ2) is 7.93. The maximum Gasteiger partial charge on any atom is 0.220 e. The van der Waals surface area contributed by atoms with E-state index < -0.39 is 0 Å². The van der Waals surface area contributed by atoms with E-state index in [9.17, 15) is 4.79 Å². The van der Waals surface area contributed by atoms with Gasteiger partial charge < -0.3 is 11.1 Å². The van der Waals surface area contributed by atoms with Gasteiger partial charge in [-0.05, 0) is 35.8 Å². The fraction of sp³-hybridized carbons (Fsp3) is 0.588. The highest BCUT2D eigenvalue weighted by molar-refractivity contribution is 5.76. The molecule has 3 heteroatoms. The molecule has 20 heavy (non-hydrogen) atoms. The smallest absolute Gasteiger partial charge is 0.220 e. The maximum atomic E-state index is 11.9. The van der Waals surface area contributed by atoms with Crippen molar-refractivity contribution >= 4 is 11.6 Å². The van der Waals surface area contributed by atoms with Crippen molar-refractivity contribution in [2.45, 2.75) is 40.5 Å². The molecule has 3 N–H and O–H groups in total. The lowest BCUT2D eigenvalue weighted by Crippen LogP contribution is -2.34. The highest BCUT2D eigenvalue weighted by atomic mass is 16.1. The van der Waals surface area contributed by atoms with Gasteiger partial charge in [0, 0.05) is 18.7 Å². The topological polar surface area (TPSA) is 55.1 Å². The van der Waals surface area contributed by atoms with Crippen LogP contribution in [0.2, 0.25) is 0 Å². The minimum Gasteiger partial charge on any atom is -0.399 e. The molecule has 0 saturated carbocycles. The molecule has 0 aliphatic rings. The first kappa shape index (κ1) is 16.5. The van der Waals surface area contributed by atoms with Crippen molar-refractivity contribution < 1.29 is 4.79 Å². The zero-order valence-corrected chi connectivity index (χ0v) is 13.1. The molecule has 0 aliphatic heterocycles. The number of hydrogen-bond donors (Lipinski definition) is 2. The van der Waals surface area contributed by atoms with E-state index in [2.05, 4.69) is 33.0 Å². The number of nitrogen functional groups attached to an aromatic ring is 1. The molecule has 3 nitrogen and oxygen atoms in total. The zero-order chi connectivity index (χ0) is 15.1. The lowest BCUT2D eigenvalue weighted by atomic mass is 9.85. The van der Waals surface area contributed by atoms with Gasteiger partial charge in [0.25, 0.3) is 0 Å². The minimum atomic E-state index is 0.111. The Morgan fingerprint density at radius 3 is 2.30 bits per heavy atom. The van der Waals surface area contributed by atoms with E-state index in [-0.39, 0.29) is 5.91 Å². The third-order valence-electron chi connectivity index (χ3n) is 3.92. The molecule has 112 valence electrons. The fourth-order valence-corrected chi connectivity index (χ4v) is 2.57. The van der Waals surface area contributed by atoms with Gasteiger partial charge in [0.2, 0.25) is 5.91 Å². The molecule has 0 bridgehead atoms. The number of benzene rings is 1. The summed E-state index contributed by atoms with van der Waals surface area (Å²) in [5.74, 6) is 1.81. The van der Waals surface area contributed by atoms with E-state index in [1.54, 1.807) is 0 Å². The van der Waals surface area contributed by atoms with Gasteiger partial charge in [0.1, 0.15) is 0 Å². The lowest BCUT2D eigenvalue weighted by molar-refractivity contribution is -0.121. The molecular formula is C17H28N2O. The summed E-state index contributed by atoms with van der Waals surface area (Å²) in [5.41, 5.74) is 7.69. The van der Waals surface area contributed by atoms with Gasteiger partial charge in [-0.3, -0.25) is 4.79 Å². The van der Waals surface area contributed by atoms with Crippen LogP contribution >= 0.6 is 0 Å². The first-order valence-corrected chi connectivity index (χ1v) is 7.52. The first-order valence-electron chi connectivity index (χ1n) is 7.52. The highest BCUT2D eigenvalue weighted by Gasteiger charge is 2.18. The van der Waals surface area contributed by atoms with Crippen LogP contribution in [0.3, 0.4) is 0 Å². The van der Waals surface area contributed by atoms with E-state index in [0.717, 1.165) is 17.8 Å². The molecule has 0 aliphatic carbocycles. The normalized spacial score (nSPS) is 11.3. The van der Waals surface area contributed by atoms with Gasteiger partial charge in [-0.2, -0.15) is 0 Å². The van der Waals surface area contributed by atoms with Crippen LogP contribution in [0.15, 0.2) is 24.3 Å². The third kappa shape index (κ3) is 5.24. The van der Waals surface area contributed by atoms with Crippen LogP contribution in [-0.4, -0.2) is 12.5 Å². The Morgan fingerprint density at radius 1 is 1.15 bits per heavy atom. The average Bonchev–Trinajstić information content (AvgIpc) is 2.37. The van der Waals surface area contributed by atoms with Crippen LogP contribution in [0.4, 0.5) is 5.69 Å². The summed E-state index contributed by atoms with van der Waals surface area (Å²) in [7, 11) is 0. The second-order valence-electron chi connectivity index (χ2n) is 6.15. The molecule has 0 atom stereocenters. The fourth-order valence-electron chi connectivity index (χ4n) is 2.57. The van der Waals surface area contributed by atoms with Gasteiger partial charge >= 0.3 is 0 Å². The van der Waals surface area contributed by atoms with Crippen molar-refractivity contribution in [3.8, 4) is 0 Å². The van der Waals surface area contributed by atoms with Crippen molar-refractivity contribution in [2.75, 3.05) is 12.3 Å². The standard InChI is InChI=1S/C17H28N2O/c1-12(2)15(13(3)4)11-19-17(20)10-9-14-7-5-6-8-16(14)18/h5-8,12-13,15H,9-11,18H2,1-4H3,(H,19,20). The van der Waals surface area contributed by atoms with E-state index in [0.29, 0.717) is 30.6 Å². The summed E-state index contributed by atoms with van der Waals surface area (Å²) in [6.07, 6.45) is 1.20. The summed E-state index contributed by atoms with van der Waals surface area (Å²) < 4.78 is 0. The summed E-state index contributed by atoms with van der Waals surface area (Å²) in [4.78, 5) is 11.9. The average molecular weight is 276 g/mol. The predicted molar refractivity (Wildman–Crippen MR) is 85.4 cm³/mol. The molecule has 0 spiro atoms. The Bertz CT molecular complexity index is 419. The maximum absolute atomic E-state index is 11.9. The number of para-hydroxylation sites is 1. The van der Waals surface area contributed by atoms with E-state index in [4.69, 9.17) is 5.73 Å². The Morgan fingerprint density at radius 2 is 1.75 bits per heavy atom. The Balaban J connectivity index is 2.39. The third-order valence-corrected chi connectivity index (χ3v) is 3.92. The number of carbonyl (C=O) groups excluding carboxylic acids is 1. The number of rotatable bonds is 7. The van der Waals surface area contributed by atoms with Crippen molar-refractivity contribution in [1.29, 1.82) is 0 Å². The summed E-state index contributed by atoms with van der Waals surface area (Å²) in [5, 5.41) is 3.06. The number of nitrogens with one attached hydrogen (secondary N) is 1. The number of hydrogen-bond acceptors (Lipinski definition) is 2. The lowest BCUT2D eigenvalue weighted by Gasteiger charge is -2.25. The zero-order valence-electron chi connectivity index (χ0n) is 13.1. The number of amides is 1. The Hall–Kier alpha value is -1.51. The predicted octanol–water partition coefficient (Wildman–Crippen LogP) is 3.25. The van der Waals surface area contributed by atoms with Gasteiger partial charge in [-0.25, -0.2) is 0 Å². The number of nitrogens with two attached hydrogens (primary N) is 1. The monoisotopic (exact) mass is 276 g/mol. The molecule has 0 aromatic heterocycles. The largest absolute Gasteiger partial charge is 0.399 e. The van der Waals surface area contributed by atoms with Gasteiger partial charge in [0.15, 0.2) is 0 Å². The quantitative estimate of drug-likeness (QED) is 0.751. The molecule has 1 rings (SSSR count). The van der Waals surface area contributed by atoms with Crippen molar-refractivity contribution in [3.63, 3.8) is 0 Å². The molecule has 0 heterocycles. The molecular weight excluding hydrogens is 248 g/mol. The molecule has 0 radical (unpaired) electrons. The first-order chi connectivity index (χ1) is 9.41. The molecule has 1 aromatic carbocycles. The number of anilines is 1. The van der Waals surface area contributed by atoms with Crippen LogP contribution in [0.5, 0.6) is 0 Å². The van der Waals surface area contributed by atoms with E-state index >= 15 is 0 Å². The van der Waals surface area contributed by atoms with Crippen LogP contribution < -0.4 is 11.1 Å². The van der Waals surface area contributed by atoms with Gasteiger partial charge in [-0.1, -0.05) is 45.9 Å². The molecule has 0 unspecified atom stereocenters. The van der Waals surface area contributed by atoms with Crippen LogP contribution in [-0.2, 0) is 11.2 Å². The molecule has 1 amide bonds. The van der Waals surface area contributed by atoms with E-state index in [1.807, 2.05) is 24.3 Å². The van der Waals surface area contributed by atoms with Gasteiger partial charge in [0.05, 0.1) is 0 Å². The summed E-state index contributed by atoms with van der Waals surface area (Å²) in [6, 6.07) is 7.72. The van der Waals surface area contributed by atoms with Crippen molar-refractivity contribution in [1.82, 2.24) is 5.32 Å². The highest BCUT2D eigenvalue weighted by Crippen LogP contribution is 2.19. The molecule has 0 fully saturated rings. The SMILES string of the molecule is CC(C)C(CNC(=O)CCc1ccccc1N)C(C)C. The van der Waals surface area contributed by atoms with Crippen LogP contribution in [0.25, 0.3) is 0 Å². The molecule has 0 saturated heterocycles. The van der Waals surface area contributed by atoms with Crippen LogP contribution in [0.1, 0.15) is 39.7 Å². The van der Waals surface area contributed by atoms with Gasteiger partial charge in [-0.15, -0.1) is 0 Å². The minimum absolute atomic E-state index is 0.111. The number of aryl methyl sites for hydroxylation is 1. The summed E-state index contributed by atoms with van der Waals surface area (Å²) >= 11 is 0. The van der Waals surface area contributed by atoms with Crippen molar-refractivity contribution in [2.24, 2.45) is 17.8 Å². The van der Waals surface area contributed by atoms with Crippen LogP contribution in [0, 0.1) is 17.8 Å². The Labute approximate surface area is 122 Å². The number of carbonyl (C=O) groups is 1. The summed E-state index contributed by atoms with van der Waals surface area (Å²) in [6.45, 7) is 9.60. The Kier molecular flexibility index (Phi) is 6.56. The van der Waals surface area contributed by atoms with E-state index in [1.165, 1.54) is 0 Å².